The van der Waals surface area contributed by atoms with Gasteiger partial charge in [-0.2, -0.15) is 4.59 Å². The van der Waals surface area contributed by atoms with Gasteiger partial charge in [0.15, 0.2) is 5.69 Å². The fourth-order valence-corrected chi connectivity index (χ4v) is 3.45. The van der Waals surface area contributed by atoms with Crippen LogP contribution in [-0.4, -0.2) is 18.3 Å². The summed E-state index contributed by atoms with van der Waals surface area (Å²) in [6.45, 7) is 8.08. The van der Waals surface area contributed by atoms with Gasteiger partial charge in [-0.15, -0.1) is 0 Å². The fourth-order valence-electron chi connectivity index (χ4n) is 3.45. The molecule has 0 aromatic heterocycles. The Morgan fingerprint density at radius 1 is 1.38 bits per heavy atom. The maximum atomic E-state index is 4.99. The highest BCUT2D eigenvalue weighted by atomic mass is 15.7. The SMILES string of the molecule is CCC1=N[N+]2(c3ccccc3)CC1(C)C2C. The summed E-state index contributed by atoms with van der Waals surface area (Å²) in [5, 5.41) is 4.99. The second kappa shape index (κ2) is 2.95. The van der Waals surface area contributed by atoms with Gasteiger partial charge in [-0.1, -0.05) is 30.2 Å². The minimum atomic E-state index is 0.352. The zero-order valence-corrected chi connectivity index (χ0v) is 10.3. The van der Waals surface area contributed by atoms with E-state index in [9.17, 15) is 0 Å². The molecule has 2 bridgehead atoms. The van der Waals surface area contributed by atoms with E-state index in [0.717, 1.165) is 17.6 Å². The lowest BCUT2D eigenvalue weighted by Gasteiger charge is -2.49. The maximum Gasteiger partial charge on any atom is 0.159 e. The molecule has 3 atom stereocenters. The van der Waals surface area contributed by atoms with Gasteiger partial charge in [-0.25, -0.2) is 0 Å². The smallest absolute Gasteiger partial charge is 0.159 e. The molecule has 1 aromatic carbocycles. The van der Waals surface area contributed by atoms with Gasteiger partial charge in [0.2, 0.25) is 0 Å². The number of nitrogens with zero attached hydrogens (tertiary/aromatic N) is 2. The van der Waals surface area contributed by atoms with Crippen LogP contribution in [0, 0.1) is 5.41 Å². The van der Waals surface area contributed by atoms with Gasteiger partial charge in [0.1, 0.15) is 18.0 Å². The van der Waals surface area contributed by atoms with Crippen LogP contribution in [0.5, 0.6) is 0 Å². The van der Waals surface area contributed by atoms with Crippen LogP contribution in [0.3, 0.4) is 0 Å². The molecule has 3 unspecified atom stereocenters. The number of hydrogen-bond acceptors (Lipinski definition) is 1. The Hall–Kier alpha value is -1.15. The van der Waals surface area contributed by atoms with Crippen LogP contribution < -0.4 is 4.59 Å². The Morgan fingerprint density at radius 3 is 2.56 bits per heavy atom. The van der Waals surface area contributed by atoms with Crippen molar-refractivity contribution in [3.8, 4) is 0 Å². The molecule has 2 heteroatoms. The predicted molar refractivity (Wildman–Crippen MR) is 68.4 cm³/mol. The molecule has 0 radical (unpaired) electrons. The molecule has 4 rings (SSSR count). The normalized spacial score (nSPS) is 40.4. The second-order valence-electron chi connectivity index (χ2n) is 5.31. The van der Waals surface area contributed by atoms with E-state index in [1.54, 1.807) is 0 Å². The summed E-state index contributed by atoms with van der Waals surface area (Å²) >= 11 is 0. The molecule has 1 saturated heterocycles. The molecular formula is C14H19N2+. The summed E-state index contributed by atoms with van der Waals surface area (Å²) in [6.07, 6.45) is 1.09. The summed E-state index contributed by atoms with van der Waals surface area (Å²) in [4.78, 5) is 0. The maximum absolute atomic E-state index is 4.99. The lowest BCUT2D eigenvalue weighted by Crippen LogP contribution is -2.69. The Labute approximate surface area is 97.2 Å². The number of para-hydroxylation sites is 1. The van der Waals surface area contributed by atoms with Crippen LogP contribution in [0.2, 0.25) is 0 Å². The first-order chi connectivity index (χ1) is 7.63. The van der Waals surface area contributed by atoms with E-state index >= 15 is 0 Å². The van der Waals surface area contributed by atoms with Crippen LogP contribution >= 0.6 is 0 Å². The van der Waals surface area contributed by atoms with Crippen molar-refractivity contribution in [2.24, 2.45) is 10.5 Å². The Balaban J connectivity index is 2.07. The number of rotatable bonds is 2. The highest BCUT2D eigenvalue weighted by Crippen LogP contribution is 2.54. The summed E-state index contributed by atoms with van der Waals surface area (Å²) in [6, 6.07) is 11.3. The predicted octanol–water partition coefficient (Wildman–Crippen LogP) is 3.18. The number of benzene rings is 1. The fraction of sp³-hybridized carbons (Fsp3) is 0.500. The highest BCUT2D eigenvalue weighted by Gasteiger charge is 2.70. The topological polar surface area (TPSA) is 12.4 Å². The molecule has 0 spiro atoms. The minimum absolute atomic E-state index is 0.352. The van der Waals surface area contributed by atoms with Crippen LogP contribution in [0.1, 0.15) is 27.2 Å². The molecule has 16 heavy (non-hydrogen) atoms. The van der Waals surface area contributed by atoms with Crippen molar-refractivity contribution in [1.29, 1.82) is 0 Å². The Kier molecular flexibility index (Phi) is 1.85. The molecule has 1 fully saturated rings. The second-order valence-corrected chi connectivity index (χ2v) is 5.31. The van der Waals surface area contributed by atoms with Crippen LogP contribution in [0.4, 0.5) is 5.69 Å². The van der Waals surface area contributed by atoms with Crippen molar-refractivity contribution in [3.05, 3.63) is 30.3 Å². The monoisotopic (exact) mass is 215 g/mol. The van der Waals surface area contributed by atoms with Crippen LogP contribution in [0.25, 0.3) is 0 Å². The van der Waals surface area contributed by atoms with E-state index in [0.29, 0.717) is 11.5 Å². The molecule has 1 aromatic rings. The third-order valence-electron chi connectivity index (χ3n) is 4.63. The van der Waals surface area contributed by atoms with E-state index in [1.165, 1.54) is 11.4 Å². The number of hydrogen-bond donors (Lipinski definition) is 0. The van der Waals surface area contributed by atoms with E-state index in [-0.39, 0.29) is 0 Å². The average molecular weight is 215 g/mol. The van der Waals surface area contributed by atoms with Crippen molar-refractivity contribution in [2.75, 3.05) is 6.54 Å². The highest BCUT2D eigenvalue weighted by molar-refractivity contribution is 5.96. The van der Waals surface area contributed by atoms with E-state index < -0.39 is 0 Å². The van der Waals surface area contributed by atoms with Gasteiger partial charge in [-0.3, -0.25) is 0 Å². The first kappa shape index (κ1) is 10.0. The van der Waals surface area contributed by atoms with Crippen LogP contribution in [0.15, 0.2) is 35.4 Å². The quantitative estimate of drug-likeness (QED) is 0.672. The first-order valence-electron chi connectivity index (χ1n) is 6.16. The zero-order valence-electron chi connectivity index (χ0n) is 10.3. The largest absolute Gasteiger partial charge is 0.162 e. The summed E-state index contributed by atoms with van der Waals surface area (Å²) in [5.74, 6) is 0. The molecule has 3 aliphatic heterocycles. The molecule has 3 heterocycles. The van der Waals surface area contributed by atoms with Gasteiger partial charge in [-0.05, 0) is 20.3 Å². The van der Waals surface area contributed by atoms with E-state index in [4.69, 9.17) is 5.10 Å². The standard InChI is InChI=1S/C14H19N2/c1-4-13-14(3)10-16(15-13,11(14)2)12-8-6-5-7-9-12/h5-9,11H,4,10H2,1-3H3/q+1. The molecule has 0 aliphatic carbocycles. The van der Waals surface area contributed by atoms with Gasteiger partial charge in [0, 0.05) is 12.1 Å². The van der Waals surface area contributed by atoms with Gasteiger partial charge in [0.25, 0.3) is 0 Å². The van der Waals surface area contributed by atoms with Crippen LogP contribution in [-0.2, 0) is 0 Å². The lowest BCUT2D eigenvalue weighted by atomic mass is 9.70. The third-order valence-corrected chi connectivity index (χ3v) is 4.63. The molecule has 0 N–H and O–H groups in total. The van der Waals surface area contributed by atoms with E-state index in [1.807, 2.05) is 0 Å². The summed E-state index contributed by atoms with van der Waals surface area (Å²) in [7, 11) is 0. The third kappa shape index (κ3) is 0.938. The zero-order chi connectivity index (χ0) is 11.4. The van der Waals surface area contributed by atoms with Gasteiger partial charge < -0.3 is 0 Å². The molecule has 0 saturated carbocycles. The van der Waals surface area contributed by atoms with Crippen molar-refractivity contribution in [2.45, 2.75) is 33.2 Å². The van der Waals surface area contributed by atoms with E-state index in [2.05, 4.69) is 51.1 Å². The van der Waals surface area contributed by atoms with Crippen molar-refractivity contribution in [1.82, 2.24) is 4.59 Å². The molecule has 3 aliphatic rings. The van der Waals surface area contributed by atoms with Crippen molar-refractivity contribution >= 4 is 11.4 Å². The first-order valence-corrected chi connectivity index (χ1v) is 6.16. The van der Waals surface area contributed by atoms with Crippen molar-refractivity contribution < 1.29 is 0 Å². The average Bonchev–Trinajstić information content (AvgIpc) is 2.76. The summed E-state index contributed by atoms with van der Waals surface area (Å²) in [5.41, 5.74) is 3.10. The molecule has 84 valence electrons. The summed E-state index contributed by atoms with van der Waals surface area (Å²) < 4.78 is 0.834. The molecule has 2 nitrogen and oxygen atoms in total. The molecular weight excluding hydrogens is 196 g/mol. The Morgan fingerprint density at radius 2 is 2.06 bits per heavy atom. The lowest BCUT2D eigenvalue weighted by molar-refractivity contribution is 0.0404. The van der Waals surface area contributed by atoms with Gasteiger partial charge >= 0.3 is 0 Å². The van der Waals surface area contributed by atoms with Crippen molar-refractivity contribution in [3.63, 3.8) is 0 Å². The molecule has 0 amide bonds. The van der Waals surface area contributed by atoms with Gasteiger partial charge in [0.05, 0.1) is 5.71 Å². The minimum Gasteiger partial charge on any atom is -0.162 e. The number of quaternary nitrogens is 1. The Bertz CT molecular complexity index is 451.